The molecule has 7 heteroatoms. The first-order valence-corrected chi connectivity index (χ1v) is 14.6. The third-order valence-electron chi connectivity index (χ3n) is 8.29. The van der Waals surface area contributed by atoms with Crippen molar-refractivity contribution >= 4 is 16.6 Å². The number of benzene rings is 2. The van der Waals surface area contributed by atoms with Crippen LogP contribution in [0.25, 0.3) is 27.9 Å². The molecule has 1 aliphatic heterocycles. The highest BCUT2D eigenvalue weighted by Gasteiger charge is 2.25. The standard InChI is InChI=1S/C33H39N5O2/c1-22-25(18-27-9-8-26(23-6-7-23)19-31(27)40-17-12-34)4-2-5-28(22)32-29-20-30(37-33(29)36-21-35-32)24-10-14-38(15-11-24)13-3-16-39/h2,4-5,8-10,19-21,23,39H,3,6-7,11-18,34H2,1H3,(H,35,36,37). The molecule has 7 nitrogen and oxygen atoms in total. The van der Waals surface area contributed by atoms with Crippen molar-refractivity contribution in [3.05, 3.63) is 82.8 Å². The molecular weight excluding hydrogens is 498 g/mol. The summed E-state index contributed by atoms with van der Waals surface area (Å²) in [6.07, 6.45) is 9.08. The number of aromatic amines is 1. The van der Waals surface area contributed by atoms with Crippen molar-refractivity contribution in [2.24, 2.45) is 5.73 Å². The third kappa shape index (κ3) is 5.68. The van der Waals surface area contributed by atoms with Gasteiger partial charge < -0.3 is 20.6 Å². The number of nitrogens with two attached hydrogens (primary N) is 1. The summed E-state index contributed by atoms with van der Waals surface area (Å²) in [5.41, 5.74) is 16.2. The second-order valence-corrected chi connectivity index (χ2v) is 11.1. The lowest BCUT2D eigenvalue weighted by molar-refractivity contribution is 0.236. The first kappa shape index (κ1) is 26.7. The largest absolute Gasteiger partial charge is 0.492 e. The van der Waals surface area contributed by atoms with Crippen LogP contribution in [-0.2, 0) is 6.42 Å². The maximum absolute atomic E-state index is 9.14. The molecule has 0 saturated heterocycles. The Hall–Kier alpha value is -3.52. The van der Waals surface area contributed by atoms with Gasteiger partial charge in [-0.3, -0.25) is 4.90 Å². The predicted molar refractivity (Wildman–Crippen MR) is 161 cm³/mol. The SMILES string of the molecule is Cc1c(Cc2ccc(C3CC3)cc2OCCN)cccc1-c1ncnc2[nH]c(C3=CCN(CCCO)CC3)cc12. The van der Waals surface area contributed by atoms with Crippen molar-refractivity contribution in [2.45, 2.75) is 44.9 Å². The summed E-state index contributed by atoms with van der Waals surface area (Å²) in [7, 11) is 0. The van der Waals surface area contributed by atoms with Gasteiger partial charge in [-0.25, -0.2) is 9.97 Å². The minimum Gasteiger partial charge on any atom is -0.492 e. The number of hydrogen-bond donors (Lipinski definition) is 3. The van der Waals surface area contributed by atoms with Crippen molar-refractivity contribution in [3.8, 4) is 17.0 Å². The van der Waals surface area contributed by atoms with Crippen LogP contribution in [-0.4, -0.2) is 64.4 Å². The fourth-order valence-electron chi connectivity index (χ4n) is 5.81. The summed E-state index contributed by atoms with van der Waals surface area (Å²) < 4.78 is 6.11. The average molecular weight is 538 g/mol. The molecule has 3 heterocycles. The van der Waals surface area contributed by atoms with Gasteiger partial charge >= 0.3 is 0 Å². The molecule has 0 amide bonds. The molecule has 1 fully saturated rings. The van der Waals surface area contributed by atoms with E-state index in [2.05, 4.69) is 70.3 Å². The van der Waals surface area contributed by atoms with Crippen LogP contribution < -0.4 is 10.5 Å². The predicted octanol–water partition coefficient (Wildman–Crippen LogP) is 5.21. The first-order valence-electron chi connectivity index (χ1n) is 14.6. The quantitative estimate of drug-likeness (QED) is 0.243. The van der Waals surface area contributed by atoms with Gasteiger partial charge in [0, 0.05) is 55.9 Å². The van der Waals surface area contributed by atoms with Crippen molar-refractivity contribution < 1.29 is 9.84 Å². The summed E-state index contributed by atoms with van der Waals surface area (Å²) >= 11 is 0. The zero-order chi connectivity index (χ0) is 27.5. The molecule has 0 spiro atoms. The Morgan fingerprint density at radius 3 is 2.80 bits per heavy atom. The number of aliphatic hydroxyl groups is 1. The summed E-state index contributed by atoms with van der Waals surface area (Å²) in [6.45, 7) is 6.30. The number of ether oxygens (including phenoxy) is 1. The van der Waals surface area contributed by atoms with Crippen molar-refractivity contribution in [1.29, 1.82) is 0 Å². The van der Waals surface area contributed by atoms with Crippen LogP contribution in [0.5, 0.6) is 5.75 Å². The lowest BCUT2D eigenvalue weighted by Crippen LogP contribution is -2.29. The van der Waals surface area contributed by atoms with E-state index < -0.39 is 0 Å². The minimum atomic E-state index is 0.243. The Balaban J connectivity index is 1.29. The molecule has 208 valence electrons. The smallest absolute Gasteiger partial charge is 0.141 e. The Morgan fingerprint density at radius 2 is 2.02 bits per heavy atom. The van der Waals surface area contributed by atoms with Gasteiger partial charge in [0.05, 0.1) is 5.69 Å². The zero-order valence-electron chi connectivity index (χ0n) is 23.3. The molecule has 1 aliphatic carbocycles. The molecule has 2 aromatic heterocycles. The van der Waals surface area contributed by atoms with E-state index in [0.717, 1.165) is 72.6 Å². The highest BCUT2D eigenvalue weighted by atomic mass is 16.5. The van der Waals surface area contributed by atoms with Crippen LogP contribution in [0.1, 0.15) is 59.5 Å². The van der Waals surface area contributed by atoms with Crippen LogP contribution in [0.2, 0.25) is 0 Å². The van der Waals surface area contributed by atoms with Crippen molar-refractivity contribution in [1.82, 2.24) is 19.9 Å². The number of rotatable bonds is 11. The van der Waals surface area contributed by atoms with Gasteiger partial charge in [-0.05, 0) is 78.5 Å². The minimum absolute atomic E-state index is 0.243. The highest BCUT2D eigenvalue weighted by molar-refractivity contribution is 5.94. The molecule has 40 heavy (non-hydrogen) atoms. The van der Waals surface area contributed by atoms with E-state index in [1.165, 1.54) is 40.7 Å². The highest BCUT2D eigenvalue weighted by Crippen LogP contribution is 2.42. The summed E-state index contributed by atoms with van der Waals surface area (Å²) in [6, 6.07) is 15.4. The van der Waals surface area contributed by atoms with Gasteiger partial charge in [0.25, 0.3) is 0 Å². The normalized spacial score (nSPS) is 15.9. The Morgan fingerprint density at radius 1 is 1.12 bits per heavy atom. The number of aromatic nitrogens is 3. The molecule has 0 atom stereocenters. The number of fused-ring (bicyclic) bond motifs is 1. The number of nitrogens with zero attached hydrogens (tertiary/aromatic N) is 3. The fraction of sp³-hybridized carbons (Fsp3) is 0.394. The van der Waals surface area contributed by atoms with Crippen LogP contribution in [0.15, 0.2) is 54.9 Å². The van der Waals surface area contributed by atoms with E-state index in [0.29, 0.717) is 19.1 Å². The lowest BCUT2D eigenvalue weighted by Gasteiger charge is -2.25. The second-order valence-electron chi connectivity index (χ2n) is 11.1. The molecule has 6 rings (SSSR count). The number of aliphatic hydroxyl groups excluding tert-OH is 1. The van der Waals surface area contributed by atoms with Gasteiger partial charge in [0.1, 0.15) is 24.3 Å². The maximum atomic E-state index is 9.14. The fourth-order valence-corrected chi connectivity index (χ4v) is 5.81. The molecule has 2 aromatic carbocycles. The van der Waals surface area contributed by atoms with Gasteiger partial charge in [-0.1, -0.05) is 36.4 Å². The van der Waals surface area contributed by atoms with E-state index >= 15 is 0 Å². The molecule has 0 radical (unpaired) electrons. The number of hydrogen-bond acceptors (Lipinski definition) is 6. The summed E-state index contributed by atoms with van der Waals surface area (Å²) in [5, 5.41) is 10.2. The van der Waals surface area contributed by atoms with Crippen LogP contribution in [0.3, 0.4) is 0 Å². The molecule has 2 aliphatic rings. The third-order valence-corrected chi connectivity index (χ3v) is 8.29. The average Bonchev–Trinajstić information content (AvgIpc) is 3.74. The summed E-state index contributed by atoms with van der Waals surface area (Å²) in [5.74, 6) is 1.63. The monoisotopic (exact) mass is 537 g/mol. The molecule has 0 unspecified atom stereocenters. The van der Waals surface area contributed by atoms with E-state index in [1.807, 2.05) is 0 Å². The van der Waals surface area contributed by atoms with Crippen LogP contribution >= 0.6 is 0 Å². The van der Waals surface area contributed by atoms with E-state index in [1.54, 1.807) is 6.33 Å². The molecular formula is C33H39N5O2. The van der Waals surface area contributed by atoms with Crippen LogP contribution in [0, 0.1) is 6.92 Å². The van der Waals surface area contributed by atoms with Gasteiger partial charge in [0.2, 0.25) is 0 Å². The van der Waals surface area contributed by atoms with E-state index in [-0.39, 0.29) is 6.61 Å². The zero-order valence-corrected chi connectivity index (χ0v) is 23.3. The maximum Gasteiger partial charge on any atom is 0.141 e. The molecule has 1 saturated carbocycles. The van der Waals surface area contributed by atoms with Gasteiger partial charge in [-0.2, -0.15) is 0 Å². The van der Waals surface area contributed by atoms with Crippen molar-refractivity contribution in [3.63, 3.8) is 0 Å². The Kier molecular flexibility index (Phi) is 7.96. The van der Waals surface area contributed by atoms with Crippen LogP contribution in [0.4, 0.5) is 0 Å². The molecule has 0 bridgehead atoms. The van der Waals surface area contributed by atoms with E-state index in [4.69, 9.17) is 20.6 Å². The lowest BCUT2D eigenvalue weighted by atomic mass is 9.93. The molecule has 4 aromatic rings. The number of nitrogens with one attached hydrogen (secondary N) is 1. The Bertz CT molecular complexity index is 1520. The number of H-pyrrole nitrogens is 1. The first-order chi connectivity index (χ1) is 19.6. The van der Waals surface area contributed by atoms with Gasteiger partial charge in [-0.15, -0.1) is 0 Å². The molecule has 4 N–H and O–H groups in total. The Labute approximate surface area is 236 Å². The van der Waals surface area contributed by atoms with E-state index in [9.17, 15) is 0 Å². The second kappa shape index (κ2) is 11.9. The van der Waals surface area contributed by atoms with Crippen molar-refractivity contribution in [2.75, 3.05) is 39.4 Å². The van der Waals surface area contributed by atoms with Gasteiger partial charge in [0.15, 0.2) is 0 Å². The summed E-state index contributed by atoms with van der Waals surface area (Å²) in [4.78, 5) is 15.3. The topological polar surface area (TPSA) is 100 Å².